The number of anilines is 1. The van der Waals surface area contributed by atoms with E-state index < -0.39 is 0 Å². The van der Waals surface area contributed by atoms with Crippen molar-refractivity contribution in [1.29, 1.82) is 0 Å². The topological polar surface area (TPSA) is 50.4 Å². The van der Waals surface area contributed by atoms with Gasteiger partial charge in [-0.3, -0.25) is 5.32 Å². The molecule has 1 aromatic rings. The Balaban J connectivity index is 1.86. The minimum atomic E-state index is -0.385. The van der Waals surface area contributed by atoms with Crippen molar-refractivity contribution < 1.29 is 9.53 Å². The van der Waals surface area contributed by atoms with Crippen LogP contribution in [0.2, 0.25) is 0 Å². The van der Waals surface area contributed by atoms with Gasteiger partial charge in [0.25, 0.3) is 0 Å². The maximum absolute atomic E-state index is 11.7. The highest BCUT2D eigenvalue weighted by Crippen LogP contribution is 2.21. The molecule has 1 amide bonds. The number of rotatable bonds is 2. The van der Waals surface area contributed by atoms with E-state index in [0.29, 0.717) is 0 Å². The molecule has 0 unspecified atom stereocenters. The summed E-state index contributed by atoms with van der Waals surface area (Å²) in [5.74, 6) is 0. The monoisotopic (exact) mass is 298 g/mol. The third kappa shape index (κ3) is 3.71. The number of amides is 1. The van der Waals surface area contributed by atoms with E-state index >= 15 is 0 Å². The molecule has 0 spiro atoms. The fourth-order valence-electron chi connectivity index (χ4n) is 1.77. The maximum atomic E-state index is 11.7. The third-order valence-electron chi connectivity index (χ3n) is 2.67. The van der Waals surface area contributed by atoms with Crippen molar-refractivity contribution in [1.82, 2.24) is 5.32 Å². The lowest BCUT2D eigenvalue weighted by Gasteiger charge is -2.22. The van der Waals surface area contributed by atoms with Crippen LogP contribution < -0.4 is 10.6 Å². The van der Waals surface area contributed by atoms with Crippen molar-refractivity contribution in [2.45, 2.75) is 18.9 Å². The standard InChI is InChI=1S/C12H15BrN2O2/c13-10-3-1-2-4-11(10)15-12(16)17-9-5-7-14-8-6-9/h1-4,9,14H,5-8H2,(H,15,16). The smallest absolute Gasteiger partial charge is 0.411 e. The molecule has 17 heavy (non-hydrogen) atoms. The predicted molar refractivity (Wildman–Crippen MR) is 70.1 cm³/mol. The van der Waals surface area contributed by atoms with E-state index in [2.05, 4.69) is 26.6 Å². The molecule has 1 saturated heterocycles. The molecule has 4 nitrogen and oxygen atoms in total. The summed E-state index contributed by atoms with van der Waals surface area (Å²) in [6.45, 7) is 1.82. The second-order valence-electron chi connectivity index (χ2n) is 3.96. The third-order valence-corrected chi connectivity index (χ3v) is 3.36. The summed E-state index contributed by atoms with van der Waals surface area (Å²) in [6.07, 6.45) is 1.40. The van der Waals surface area contributed by atoms with Crippen molar-refractivity contribution in [3.05, 3.63) is 28.7 Å². The molecule has 92 valence electrons. The first-order valence-electron chi connectivity index (χ1n) is 5.68. The molecule has 1 aliphatic rings. The molecule has 1 aliphatic heterocycles. The SMILES string of the molecule is O=C(Nc1ccccc1Br)OC1CCNCC1. The number of piperidine rings is 1. The van der Waals surface area contributed by atoms with Gasteiger partial charge in [-0.2, -0.15) is 0 Å². The molecular formula is C12H15BrN2O2. The van der Waals surface area contributed by atoms with E-state index in [9.17, 15) is 4.79 Å². The number of ether oxygens (including phenoxy) is 1. The molecule has 0 atom stereocenters. The Morgan fingerprint density at radius 2 is 2.06 bits per heavy atom. The first-order valence-corrected chi connectivity index (χ1v) is 6.48. The van der Waals surface area contributed by atoms with E-state index in [1.54, 1.807) is 0 Å². The molecule has 2 rings (SSSR count). The second kappa shape index (κ2) is 6.02. The van der Waals surface area contributed by atoms with E-state index in [4.69, 9.17) is 4.74 Å². The van der Waals surface area contributed by atoms with Gasteiger partial charge in [0.1, 0.15) is 6.10 Å². The van der Waals surface area contributed by atoms with Gasteiger partial charge in [-0.05, 0) is 54.0 Å². The van der Waals surface area contributed by atoms with Crippen LogP contribution >= 0.6 is 15.9 Å². The van der Waals surface area contributed by atoms with Gasteiger partial charge in [-0.25, -0.2) is 4.79 Å². The first kappa shape index (κ1) is 12.4. The number of para-hydroxylation sites is 1. The zero-order valence-corrected chi connectivity index (χ0v) is 11.0. The normalized spacial score (nSPS) is 16.5. The van der Waals surface area contributed by atoms with Crippen LogP contribution in [0.3, 0.4) is 0 Å². The number of hydrogen-bond donors (Lipinski definition) is 2. The molecule has 1 fully saturated rings. The number of nitrogens with one attached hydrogen (secondary N) is 2. The second-order valence-corrected chi connectivity index (χ2v) is 4.81. The van der Waals surface area contributed by atoms with E-state index in [0.717, 1.165) is 36.1 Å². The number of halogens is 1. The molecule has 0 bridgehead atoms. The van der Waals surface area contributed by atoms with Crippen LogP contribution in [0.4, 0.5) is 10.5 Å². The van der Waals surface area contributed by atoms with Gasteiger partial charge in [0.15, 0.2) is 0 Å². The minimum Gasteiger partial charge on any atom is -0.446 e. The molecule has 2 N–H and O–H groups in total. The number of benzene rings is 1. The summed E-state index contributed by atoms with van der Waals surface area (Å²) in [5, 5.41) is 5.96. The highest BCUT2D eigenvalue weighted by Gasteiger charge is 2.17. The van der Waals surface area contributed by atoms with Gasteiger partial charge < -0.3 is 10.1 Å². The number of hydrogen-bond acceptors (Lipinski definition) is 3. The number of carbonyl (C=O) groups is 1. The van der Waals surface area contributed by atoms with Crippen LogP contribution in [0, 0.1) is 0 Å². The quantitative estimate of drug-likeness (QED) is 0.883. The van der Waals surface area contributed by atoms with Crippen LogP contribution in [0.1, 0.15) is 12.8 Å². The molecule has 1 aromatic carbocycles. The summed E-state index contributed by atoms with van der Waals surface area (Å²) in [6, 6.07) is 7.46. The molecule has 0 radical (unpaired) electrons. The Bertz CT molecular complexity index is 392. The molecule has 1 heterocycles. The fourth-order valence-corrected chi connectivity index (χ4v) is 2.15. The summed E-state index contributed by atoms with van der Waals surface area (Å²) in [7, 11) is 0. The summed E-state index contributed by atoms with van der Waals surface area (Å²) >= 11 is 3.37. The zero-order valence-electron chi connectivity index (χ0n) is 9.41. The predicted octanol–water partition coefficient (Wildman–Crippen LogP) is 2.75. The Hall–Kier alpha value is -1.07. The van der Waals surface area contributed by atoms with Crippen molar-refractivity contribution >= 4 is 27.7 Å². The summed E-state index contributed by atoms with van der Waals surface area (Å²) in [4.78, 5) is 11.7. The molecule has 0 aliphatic carbocycles. The average molecular weight is 299 g/mol. The number of carbonyl (C=O) groups excluding carboxylic acids is 1. The van der Waals surface area contributed by atoms with Crippen LogP contribution in [0.25, 0.3) is 0 Å². The fraction of sp³-hybridized carbons (Fsp3) is 0.417. The highest BCUT2D eigenvalue weighted by atomic mass is 79.9. The summed E-state index contributed by atoms with van der Waals surface area (Å²) < 4.78 is 6.19. The van der Waals surface area contributed by atoms with Gasteiger partial charge in [-0.15, -0.1) is 0 Å². The van der Waals surface area contributed by atoms with Crippen LogP contribution in [0.15, 0.2) is 28.7 Å². The van der Waals surface area contributed by atoms with Gasteiger partial charge in [0.05, 0.1) is 5.69 Å². The van der Waals surface area contributed by atoms with Crippen molar-refractivity contribution in [2.24, 2.45) is 0 Å². The van der Waals surface area contributed by atoms with Crippen molar-refractivity contribution in [3.8, 4) is 0 Å². The minimum absolute atomic E-state index is 0.0266. The van der Waals surface area contributed by atoms with E-state index in [1.165, 1.54) is 0 Å². The molecule has 0 aromatic heterocycles. The van der Waals surface area contributed by atoms with Crippen LogP contribution in [0.5, 0.6) is 0 Å². The molecular weight excluding hydrogens is 284 g/mol. The lowest BCUT2D eigenvalue weighted by Crippen LogP contribution is -2.34. The van der Waals surface area contributed by atoms with Gasteiger partial charge in [-0.1, -0.05) is 12.1 Å². The van der Waals surface area contributed by atoms with Gasteiger partial charge in [0, 0.05) is 4.47 Å². The molecule has 5 heteroatoms. The Labute approximate surface area is 109 Å². The lowest BCUT2D eigenvalue weighted by atomic mass is 10.1. The zero-order chi connectivity index (χ0) is 12.1. The summed E-state index contributed by atoms with van der Waals surface area (Å²) in [5.41, 5.74) is 0.728. The molecule has 0 saturated carbocycles. The Morgan fingerprint density at radius 3 is 2.76 bits per heavy atom. The van der Waals surface area contributed by atoms with E-state index in [-0.39, 0.29) is 12.2 Å². The largest absolute Gasteiger partial charge is 0.446 e. The van der Waals surface area contributed by atoms with E-state index in [1.807, 2.05) is 24.3 Å². The van der Waals surface area contributed by atoms with Gasteiger partial charge >= 0.3 is 6.09 Å². The Morgan fingerprint density at radius 1 is 1.35 bits per heavy atom. The maximum Gasteiger partial charge on any atom is 0.411 e. The van der Waals surface area contributed by atoms with Crippen LogP contribution in [-0.2, 0) is 4.74 Å². The van der Waals surface area contributed by atoms with Gasteiger partial charge in [0.2, 0.25) is 0 Å². The Kier molecular flexibility index (Phi) is 4.39. The van der Waals surface area contributed by atoms with Crippen LogP contribution in [-0.4, -0.2) is 25.3 Å². The lowest BCUT2D eigenvalue weighted by molar-refractivity contribution is 0.0909. The average Bonchev–Trinajstić information content (AvgIpc) is 2.33. The first-order chi connectivity index (χ1) is 8.25. The van der Waals surface area contributed by atoms with Crippen molar-refractivity contribution in [3.63, 3.8) is 0 Å². The van der Waals surface area contributed by atoms with Crippen molar-refractivity contribution in [2.75, 3.05) is 18.4 Å². The highest BCUT2D eigenvalue weighted by molar-refractivity contribution is 9.10.